The summed E-state index contributed by atoms with van der Waals surface area (Å²) in [5.74, 6) is 0.192. The third kappa shape index (κ3) is 7.44. The minimum Gasteiger partial charge on any atom is -0.484 e. The molecule has 0 aliphatic rings. The van der Waals surface area contributed by atoms with Gasteiger partial charge in [0.05, 0.1) is 5.52 Å². The number of nitrogens with one attached hydrogen (secondary N) is 1. The van der Waals surface area contributed by atoms with Crippen molar-refractivity contribution >= 4 is 62.9 Å². The van der Waals surface area contributed by atoms with E-state index in [0.717, 1.165) is 25.8 Å². The number of aromatic nitrogens is 1. The smallest absolute Gasteiger partial charge is 0.360 e. The second kappa shape index (κ2) is 11.0. The summed E-state index contributed by atoms with van der Waals surface area (Å²) in [5.41, 5.74) is 1.61. The summed E-state index contributed by atoms with van der Waals surface area (Å²) in [4.78, 5) is 21.0. The average Bonchev–Trinajstić information content (AvgIpc) is 2.64. The molecule has 0 fully saturated rings. The standard InChI is InChI=1S/C21H26IN3O4S/c1-13-8-17(10-15-9-16(22)11-23-19(13)15)28-14(2)20(30)25-21(3,4)6-7-24-29-18(26)12-27-5/h7-11,14H,6,12H2,1-5H3,(H,25,30). The summed E-state index contributed by atoms with van der Waals surface area (Å²) in [5, 5.41) is 7.98. The molecular weight excluding hydrogens is 517 g/mol. The molecule has 0 aliphatic carbocycles. The molecule has 0 amide bonds. The molecular formula is C21H26IN3O4S. The molecule has 1 N–H and O–H groups in total. The average molecular weight is 543 g/mol. The molecule has 0 saturated heterocycles. The number of halogens is 1. The molecule has 1 heterocycles. The Bertz CT molecular complexity index is 949. The number of ether oxygens (including phenoxy) is 2. The van der Waals surface area contributed by atoms with Crippen molar-refractivity contribution in [2.45, 2.75) is 45.8 Å². The summed E-state index contributed by atoms with van der Waals surface area (Å²) in [6, 6.07) is 6.02. The Hall–Kier alpha value is -1.85. The van der Waals surface area contributed by atoms with Crippen molar-refractivity contribution < 1.29 is 19.1 Å². The first-order valence-electron chi connectivity index (χ1n) is 9.36. The van der Waals surface area contributed by atoms with Crippen molar-refractivity contribution in [1.29, 1.82) is 0 Å². The molecule has 1 atom stereocenters. The molecule has 30 heavy (non-hydrogen) atoms. The number of benzene rings is 1. The molecule has 1 aromatic heterocycles. The minimum absolute atomic E-state index is 0.138. The van der Waals surface area contributed by atoms with Gasteiger partial charge in [0, 0.05) is 40.4 Å². The zero-order valence-electron chi connectivity index (χ0n) is 17.7. The quantitative estimate of drug-likeness (QED) is 0.167. The molecule has 2 rings (SSSR count). The fraction of sp³-hybridized carbons (Fsp3) is 0.429. The Kier molecular flexibility index (Phi) is 8.92. The van der Waals surface area contributed by atoms with Gasteiger partial charge in [-0.25, -0.2) is 4.79 Å². The van der Waals surface area contributed by atoms with E-state index in [1.165, 1.54) is 13.3 Å². The van der Waals surface area contributed by atoms with Crippen LogP contribution in [0.5, 0.6) is 5.75 Å². The van der Waals surface area contributed by atoms with Crippen molar-refractivity contribution in [3.05, 3.63) is 33.5 Å². The van der Waals surface area contributed by atoms with E-state index >= 15 is 0 Å². The van der Waals surface area contributed by atoms with Gasteiger partial charge < -0.3 is 19.6 Å². The molecule has 2 aromatic rings. The Morgan fingerprint density at radius 2 is 2.13 bits per heavy atom. The fourth-order valence-corrected chi connectivity index (χ4v) is 3.49. The van der Waals surface area contributed by atoms with Crippen LogP contribution in [0.1, 0.15) is 32.8 Å². The first kappa shape index (κ1) is 24.4. The molecule has 0 bridgehead atoms. The van der Waals surface area contributed by atoms with Gasteiger partial charge in [-0.2, -0.15) is 0 Å². The van der Waals surface area contributed by atoms with Crippen LogP contribution >= 0.6 is 34.8 Å². The summed E-state index contributed by atoms with van der Waals surface area (Å²) in [7, 11) is 1.42. The molecule has 0 spiro atoms. The number of hydrogen-bond acceptors (Lipinski definition) is 7. The lowest BCUT2D eigenvalue weighted by Crippen LogP contribution is -2.47. The van der Waals surface area contributed by atoms with Crippen LogP contribution in [0.3, 0.4) is 0 Å². The van der Waals surface area contributed by atoms with Crippen LogP contribution in [0.15, 0.2) is 29.6 Å². The maximum Gasteiger partial charge on any atom is 0.360 e. The van der Waals surface area contributed by atoms with E-state index in [9.17, 15) is 4.79 Å². The molecule has 1 aromatic carbocycles. The fourth-order valence-electron chi connectivity index (χ4n) is 2.69. The second-order valence-electron chi connectivity index (χ2n) is 7.49. The summed E-state index contributed by atoms with van der Waals surface area (Å²) >= 11 is 7.78. The lowest BCUT2D eigenvalue weighted by atomic mass is 10.0. The highest BCUT2D eigenvalue weighted by Crippen LogP contribution is 2.25. The van der Waals surface area contributed by atoms with Crippen LogP contribution in [-0.4, -0.2) is 47.5 Å². The van der Waals surface area contributed by atoms with E-state index in [-0.39, 0.29) is 12.7 Å². The van der Waals surface area contributed by atoms with E-state index in [1.54, 1.807) is 0 Å². The van der Waals surface area contributed by atoms with Crippen LogP contribution in [0.2, 0.25) is 0 Å². The summed E-state index contributed by atoms with van der Waals surface area (Å²) in [6.45, 7) is 7.73. The van der Waals surface area contributed by atoms with Gasteiger partial charge in [0.2, 0.25) is 0 Å². The number of thiocarbonyl (C=S) groups is 1. The van der Waals surface area contributed by atoms with Crippen LogP contribution in [0, 0.1) is 10.5 Å². The Morgan fingerprint density at radius 1 is 1.40 bits per heavy atom. The number of fused-ring (bicyclic) bond motifs is 1. The maximum atomic E-state index is 11.2. The van der Waals surface area contributed by atoms with Crippen LogP contribution in [-0.2, 0) is 14.4 Å². The minimum atomic E-state index is -0.548. The maximum absolute atomic E-state index is 11.2. The second-order valence-corrected chi connectivity index (χ2v) is 9.17. The normalized spacial score (nSPS) is 12.7. The van der Waals surface area contributed by atoms with Crippen molar-refractivity contribution in [1.82, 2.24) is 10.3 Å². The van der Waals surface area contributed by atoms with E-state index in [4.69, 9.17) is 17.0 Å². The lowest BCUT2D eigenvalue weighted by Gasteiger charge is -2.28. The number of hydrogen-bond donors (Lipinski definition) is 1. The predicted octanol–water partition coefficient (Wildman–Crippen LogP) is 4.18. The highest BCUT2D eigenvalue weighted by molar-refractivity contribution is 14.1. The number of aryl methyl sites for hydroxylation is 1. The number of nitrogens with zero attached hydrogens (tertiary/aromatic N) is 2. The molecule has 1 unspecified atom stereocenters. The van der Waals surface area contributed by atoms with Gasteiger partial charge in [-0.05, 0) is 74.0 Å². The van der Waals surface area contributed by atoms with Gasteiger partial charge >= 0.3 is 5.97 Å². The van der Waals surface area contributed by atoms with Crippen LogP contribution < -0.4 is 10.1 Å². The SMILES string of the molecule is COCC(=O)ON=CCC(C)(C)NC(=S)C(C)Oc1cc(C)c2ncc(I)cc2c1. The molecule has 0 saturated carbocycles. The number of carbonyl (C=O) groups excluding carboxylic acids is 1. The largest absolute Gasteiger partial charge is 0.484 e. The molecule has 9 heteroatoms. The topological polar surface area (TPSA) is 82.0 Å². The van der Waals surface area contributed by atoms with E-state index < -0.39 is 11.5 Å². The summed E-state index contributed by atoms with van der Waals surface area (Å²) in [6.07, 6.45) is 3.54. The Labute approximate surface area is 195 Å². The zero-order valence-corrected chi connectivity index (χ0v) is 20.7. The third-order valence-electron chi connectivity index (χ3n) is 4.15. The van der Waals surface area contributed by atoms with Gasteiger partial charge in [0.25, 0.3) is 0 Å². The van der Waals surface area contributed by atoms with Crippen LogP contribution in [0.25, 0.3) is 10.9 Å². The highest BCUT2D eigenvalue weighted by Gasteiger charge is 2.21. The molecule has 7 nitrogen and oxygen atoms in total. The van der Waals surface area contributed by atoms with Crippen molar-refractivity contribution in [2.24, 2.45) is 5.16 Å². The van der Waals surface area contributed by atoms with Gasteiger partial charge in [-0.15, -0.1) is 0 Å². The van der Waals surface area contributed by atoms with Gasteiger partial charge in [0.1, 0.15) is 23.4 Å². The highest BCUT2D eigenvalue weighted by atomic mass is 127. The number of carbonyl (C=O) groups is 1. The van der Waals surface area contributed by atoms with Crippen molar-refractivity contribution in [3.63, 3.8) is 0 Å². The molecule has 162 valence electrons. The lowest BCUT2D eigenvalue weighted by molar-refractivity contribution is -0.147. The van der Waals surface area contributed by atoms with Crippen molar-refractivity contribution in [2.75, 3.05) is 13.7 Å². The van der Waals surface area contributed by atoms with Gasteiger partial charge in [-0.1, -0.05) is 17.4 Å². The number of rotatable bonds is 9. The Balaban J connectivity index is 1.96. The molecule has 0 aliphatic heterocycles. The first-order valence-corrected chi connectivity index (χ1v) is 10.8. The predicted molar refractivity (Wildman–Crippen MR) is 130 cm³/mol. The third-order valence-corrected chi connectivity index (χ3v) is 5.17. The monoisotopic (exact) mass is 543 g/mol. The van der Waals surface area contributed by atoms with Crippen molar-refractivity contribution in [3.8, 4) is 5.75 Å². The number of oxime groups is 1. The molecule has 0 radical (unpaired) electrons. The number of pyridine rings is 1. The Morgan fingerprint density at radius 3 is 2.83 bits per heavy atom. The number of methoxy groups -OCH3 is 1. The first-order chi connectivity index (χ1) is 14.1. The summed E-state index contributed by atoms with van der Waals surface area (Å²) < 4.78 is 11.8. The van der Waals surface area contributed by atoms with E-state index in [2.05, 4.69) is 53.7 Å². The van der Waals surface area contributed by atoms with E-state index in [1.807, 2.05) is 46.0 Å². The van der Waals surface area contributed by atoms with Gasteiger partial charge in [-0.3, -0.25) is 4.98 Å². The zero-order chi connectivity index (χ0) is 22.3. The van der Waals surface area contributed by atoms with Gasteiger partial charge in [0.15, 0.2) is 0 Å². The van der Waals surface area contributed by atoms with Crippen LogP contribution in [0.4, 0.5) is 0 Å². The van der Waals surface area contributed by atoms with E-state index in [0.29, 0.717) is 11.4 Å².